The van der Waals surface area contributed by atoms with Crippen molar-refractivity contribution in [2.24, 2.45) is 5.92 Å². The van der Waals surface area contributed by atoms with E-state index >= 15 is 0 Å². The molecule has 1 fully saturated rings. The number of benzene rings is 2. The van der Waals surface area contributed by atoms with Gasteiger partial charge in [-0.25, -0.2) is 9.78 Å². The maximum absolute atomic E-state index is 14.1. The second-order valence-corrected chi connectivity index (χ2v) is 10.4. The van der Waals surface area contributed by atoms with Gasteiger partial charge in [-0.3, -0.25) is 4.79 Å². The summed E-state index contributed by atoms with van der Waals surface area (Å²) in [6.07, 6.45) is 4.32. The smallest absolute Gasteiger partial charge is 0.418 e. The van der Waals surface area contributed by atoms with Crippen LogP contribution in [0.2, 0.25) is 0 Å². The number of hydrogen-bond donors (Lipinski definition) is 3. The molecule has 11 heteroatoms. The number of nitrogens with one attached hydrogen (secondary N) is 1. The third-order valence-corrected chi connectivity index (χ3v) is 7.17. The number of carbonyl (C=O) groups excluding carboxylic acids is 1. The Bertz CT molecular complexity index is 1500. The molecular weight excluding hydrogens is 571 g/mol. The molecule has 0 aliphatic heterocycles. The third-order valence-electron chi connectivity index (χ3n) is 7.04. The first kappa shape index (κ1) is 32.6. The second-order valence-electron chi connectivity index (χ2n) is 9.77. The molecule has 1 atom stereocenters. The Morgan fingerprint density at radius 3 is 2.38 bits per heavy atom. The number of rotatable bonds is 8. The van der Waals surface area contributed by atoms with Crippen molar-refractivity contribution in [3.63, 3.8) is 0 Å². The van der Waals surface area contributed by atoms with Crippen molar-refractivity contribution >= 4 is 45.8 Å². The van der Waals surface area contributed by atoms with Crippen LogP contribution in [0.25, 0.3) is 16.6 Å². The molecule has 0 spiro atoms. The van der Waals surface area contributed by atoms with Crippen LogP contribution in [0.1, 0.15) is 66.8 Å². The van der Waals surface area contributed by atoms with Crippen LogP contribution in [-0.4, -0.2) is 38.8 Å². The first-order valence-electron chi connectivity index (χ1n) is 13.3. The van der Waals surface area contributed by atoms with Gasteiger partial charge in [0.15, 0.2) is 0 Å². The van der Waals surface area contributed by atoms with Gasteiger partial charge in [-0.2, -0.15) is 13.2 Å². The number of nitrogens with zero attached hydrogens (tertiary/aromatic N) is 2. The Morgan fingerprint density at radius 2 is 1.79 bits per heavy atom. The lowest BCUT2D eigenvalue weighted by Crippen LogP contribution is -2.34. The number of fused-ring (bicyclic) bond motifs is 1. The summed E-state index contributed by atoms with van der Waals surface area (Å²) in [7, 11) is 1.00. The molecule has 2 aromatic carbocycles. The van der Waals surface area contributed by atoms with Gasteiger partial charge in [0.05, 0.1) is 27.8 Å². The summed E-state index contributed by atoms with van der Waals surface area (Å²) in [4.78, 5) is 30.2. The highest BCUT2D eigenvalue weighted by Gasteiger charge is 2.38. The van der Waals surface area contributed by atoms with Gasteiger partial charge in [0.1, 0.15) is 11.9 Å². The topological polar surface area (TPSA) is 104 Å². The SMILES string of the molecule is C=C/C(=C\C=C(/C)Cl)c1nc2ccccc2n1C(C(=O)Nc1ccc(C(=O)O)cc1C(F)(F)F)C1CCCCC1.CO. The van der Waals surface area contributed by atoms with Crippen molar-refractivity contribution in [3.8, 4) is 0 Å². The van der Waals surface area contributed by atoms with Crippen LogP contribution < -0.4 is 5.32 Å². The van der Waals surface area contributed by atoms with Gasteiger partial charge in [-0.05, 0) is 62.1 Å². The molecule has 3 N–H and O–H groups in total. The number of amides is 1. The number of hydrogen-bond acceptors (Lipinski definition) is 4. The summed E-state index contributed by atoms with van der Waals surface area (Å²) in [5.41, 5.74) is -0.401. The minimum absolute atomic E-state index is 0.172. The Balaban J connectivity index is 0.00000237. The van der Waals surface area contributed by atoms with Crippen molar-refractivity contribution in [2.75, 3.05) is 12.4 Å². The fourth-order valence-electron chi connectivity index (χ4n) is 5.19. The quantitative estimate of drug-likeness (QED) is 0.228. The molecule has 1 unspecified atom stereocenters. The fourth-order valence-corrected chi connectivity index (χ4v) is 5.25. The minimum Gasteiger partial charge on any atom is -0.478 e. The average Bonchev–Trinajstić information content (AvgIpc) is 3.33. The monoisotopic (exact) mass is 603 g/mol. The summed E-state index contributed by atoms with van der Waals surface area (Å²) < 4.78 is 43.6. The van der Waals surface area contributed by atoms with Crippen LogP contribution in [0.15, 0.2) is 72.3 Å². The van der Waals surface area contributed by atoms with E-state index in [1.54, 1.807) is 35.8 Å². The zero-order chi connectivity index (χ0) is 31.0. The molecule has 1 aromatic heterocycles. The number of carboxylic acid groups (broad SMARTS) is 1. The number of allylic oxidation sites excluding steroid dienone is 5. The highest BCUT2D eigenvalue weighted by atomic mass is 35.5. The van der Waals surface area contributed by atoms with Crippen LogP contribution in [0, 0.1) is 5.92 Å². The molecule has 1 heterocycles. The summed E-state index contributed by atoms with van der Waals surface area (Å²) in [5.74, 6) is -1.87. The van der Waals surface area contributed by atoms with E-state index in [0.29, 0.717) is 46.4 Å². The average molecular weight is 604 g/mol. The number of aromatic carboxylic acids is 1. The van der Waals surface area contributed by atoms with E-state index in [9.17, 15) is 27.9 Å². The number of carboxylic acids is 1. The van der Waals surface area contributed by atoms with Crippen molar-refractivity contribution in [1.29, 1.82) is 0 Å². The highest BCUT2D eigenvalue weighted by molar-refractivity contribution is 6.29. The number of aliphatic hydroxyl groups is 1. The van der Waals surface area contributed by atoms with Gasteiger partial charge in [-0.1, -0.05) is 61.7 Å². The zero-order valence-electron chi connectivity index (χ0n) is 23.3. The number of carbonyl (C=O) groups is 2. The predicted molar refractivity (Wildman–Crippen MR) is 158 cm³/mol. The van der Waals surface area contributed by atoms with E-state index in [2.05, 4.69) is 11.9 Å². The lowest BCUT2D eigenvalue weighted by Gasteiger charge is -2.32. The van der Waals surface area contributed by atoms with E-state index in [-0.39, 0.29) is 5.92 Å². The zero-order valence-corrected chi connectivity index (χ0v) is 24.0. The maximum Gasteiger partial charge on any atom is 0.418 e. The van der Waals surface area contributed by atoms with E-state index in [4.69, 9.17) is 21.7 Å². The first-order chi connectivity index (χ1) is 20.0. The molecule has 224 valence electrons. The number of imidazole rings is 1. The summed E-state index contributed by atoms with van der Waals surface area (Å²) in [6, 6.07) is 8.92. The molecule has 1 aliphatic rings. The number of anilines is 1. The second kappa shape index (κ2) is 14.3. The lowest BCUT2D eigenvalue weighted by atomic mass is 9.83. The van der Waals surface area contributed by atoms with Crippen molar-refractivity contribution < 1.29 is 33.0 Å². The Kier molecular flexibility index (Phi) is 11.1. The number of alkyl halides is 3. The maximum atomic E-state index is 14.1. The van der Waals surface area contributed by atoms with Gasteiger partial charge in [-0.15, -0.1) is 0 Å². The van der Waals surface area contributed by atoms with Gasteiger partial charge in [0, 0.05) is 17.7 Å². The largest absolute Gasteiger partial charge is 0.478 e. The molecule has 4 rings (SSSR count). The molecule has 0 bridgehead atoms. The molecule has 1 amide bonds. The number of aliphatic hydroxyl groups excluding tert-OH is 1. The summed E-state index contributed by atoms with van der Waals surface area (Å²) in [6.45, 7) is 5.62. The molecular formula is C31H33ClF3N3O4. The number of halogens is 4. The van der Waals surface area contributed by atoms with E-state index < -0.39 is 40.9 Å². The number of para-hydroxylation sites is 2. The van der Waals surface area contributed by atoms with Gasteiger partial charge < -0.3 is 20.1 Å². The molecule has 1 saturated carbocycles. The van der Waals surface area contributed by atoms with Crippen LogP contribution in [0.5, 0.6) is 0 Å². The van der Waals surface area contributed by atoms with Crippen LogP contribution in [-0.2, 0) is 11.0 Å². The van der Waals surface area contributed by atoms with Crippen LogP contribution in [0.3, 0.4) is 0 Å². The standard InChI is InChI=1S/C30H29ClF3N3O3.CH4O/c1-3-19(14-13-18(2)31)27-35-24-11-7-8-12-25(24)37(27)26(20-9-5-4-6-10-20)28(38)36-23-16-15-21(29(39)40)17-22(23)30(32,33)34;1-2/h3,7-8,11-17,20,26H,1,4-6,9-10H2,2H3,(H,36,38)(H,39,40);2H,1H3/b18-13+,19-14+;. The van der Waals surface area contributed by atoms with Crippen molar-refractivity contribution in [1.82, 2.24) is 9.55 Å². The Morgan fingerprint density at radius 1 is 1.12 bits per heavy atom. The molecule has 0 saturated heterocycles. The molecule has 0 radical (unpaired) electrons. The lowest BCUT2D eigenvalue weighted by molar-refractivity contribution is -0.137. The summed E-state index contributed by atoms with van der Waals surface area (Å²) in [5, 5.41) is 19.2. The summed E-state index contributed by atoms with van der Waals surface area (Å²) >= 11 is 6.05. The molecule has 42 heavy (non-hydrogen) atoms. The Labute approximate surface area is 247 Å². The van der Waals surface area contributed by atoms with Crippen molar-refractivity contribution in [2.45, 2.75) is 51.2 Å². The van der Waals surface area contributed by atoms with Gasteiger partial charge in [0.2, 0.25) is 5.91 Å². The normalized spacial score (nSPS) is 15.5. The van der Waals surface area contributed by atoms with Crippen LogP contribution in [0.4, 0.5) is 18.9 Å². The fraction of sp³-hybridized carbons (Fsp3) is 0.323. The third kappa shape index (κ3) is 7.49. The van der Waals surface area contributed by atoms with Crippen molar-refractivity contribution in [3.05, 3.63) is 89.3 Å². The molecule has 1 aliphatic carbocycles. The van der Waals surface area contributed by atoms with E-state index in [0.717, 1.165) is 38.5 Å². The van der Waals surface area contributed by atoms with E-state index in [1.165, 1.54) is 0 Å². The highest BCUT2D eigenvalue weighted by Crippen LogP contribution is 2.40. The van der Waals surface area contributed by atoms with Crippen LogP contribution >= 0.6 is 11.6 Å². The minimum atomic E-state index is -4.88. The van der Waals surface area contributed by atoms with Gasteiger partial charge >= 0.3 is 12.1 Å². The Hall–Kier alpha value is -3.89. The van der Waals surface area contributed by atoms with Gasteiger partial charge in [0.25, 0.3) is 0 Å². The molecule has 7 nitrogen and oxygen atoms in total. The predicted octanol–water partition coefficient (Wildman–Crippen LogP) is 7.83. The number of aromatic nitrogens is 2. The van der Waals surface area contributed by atoms with E-state index in [1.807, 2.05) is 18.2 Å². The first-order valence-corrected chi connectivity index (χ1v) is 13.7. The molecule has 3 aromatic rings.